The zero-order valence-electron chi connectivity index (χ0n) is 20.2. The van der Waals surface area contributed by atoms with Crippen LogP contribution in [-0.2, 0) is 22.5 Å². The Morgan fingerprint density at radius 3 is 2.63 bits per heavy atom. The molecule has 35 heavy (non-hydrogen) atoms. The summed E-state index contributed by atoms with van der Waals surface area (Å²) in [6.07, 6.45) is 1.80. The molecule has 4 aromatic rings. The minimum atomic E-state index is -0.208. The number of ketones is 1. The van der Waals surface area contributed by atoms with E-state index in [4.69, 9.17) is 4.98 Å². The molecule has 6 nitrogen and oxygen atoms in total. The quantitative estimate of drug-likeness (QED) is 0.203. The number of para-hydroxylation sites is 2. The van der Waals surface area contributed by atoms with E-state index in [1.54, 1.807) is 29.2 Å². The van der Waals surface area contributed by atoms with Crippen molar-refractivity contribution in [1.82, 2.24) is 19.7 Å². The van der Waals surface area contributed by atoms with Crippen LogP contribution in [-0.4, -0.2) is 38.3 Å². The van der Waals surface area contributed by atoms with Gasteiger partial charge < -0.3 is 9.47 Å². The summed E-state index contributed by atoms with van der Waals surface area (Å²) in [5.74, 6) is 1.99. The van der Waals surface area contributed by atoms with Crippen LogP contribution in [0.4, 0.5) is 5.69 Å². The second-order valence-electron chi connectivity index (χ2n) is 8.86. The molecule has 0 amide bonds. The fraction of sp³-hybridized carbons (Fsp3) is 0.308. The molecule has 0 aliphatic carbocycles. The van der Waals surface area contributed by atoms with Crippen LogP contribution in [0.15, 0.2) is 69.8 Å². The molecule has 0 unspecified atom stereocenters. The number of fused-ring (bicyclic) bond motifs is 2. The van der Waals surface area contributed by atoms with Gasteiger partial charge in [-0.2, -0.15) is 0 Å². The Morgan fingerprint density at radius 2 is 1.86 bits per heavy atom. The lowest BCUT2D eigenvalue weighted by molar-refractivity contribution is -0.112. The number of hydrogen-bond donors (Lipinski definition) is 0. The number of thiazole rings is 1. The van der Waals surface area contributed by atoms with Crippen molar-refractivity contribution in [3.05, 3.63) is 71.7 Å². The van der Waals surface area contributed by atoms with Gasteiger partial charge in [-0.3, -0.25) is 4.79 Å². The summed E-state index contributed by atoms with van der Waals surface area (Å²) in [7, 11) is 2.03. The van der Waals surface area contributed by atoms with Gasteiger partial charge in [0.15, 0.2) is 15.3 Å². The highest BCUT2D eigenvalue weighted by atomic mass is 32.2. The minimum absolute atomic E-state index is 0.0776. The Labute approximate surface area is 217 Å². The first-order chi connectivity index (χ1) is 16.9. The number of thioether (sulfide) groups is 2. The van der Waals surface area contributed by atoms with Crippen molar-refractivity contribution in [1.29, 1.82) is 0 Å². The van der Waals surface area contributed by atoms with Crippen LogP contribution >= 0.6 is 34.9 Å². The second-order valence-corrected chi connectivity index (χ2v) is 12.1. The van der Waals surface area contributed by atoms with Crippen LogP contribution < -0.4 is 4.90 Å². The molecule has 0 atom stereocenters. The average molecular weight is 522 g/mol. The fourth-order valence-electron chi connectivity index (χ4n) is 4.48. The molecule has 0 radical (unpaired) electrons. The average Bonchev–Trinajstić information content (AvgIpc) is 3.51. The lowest BCUT2D eigenvalue weighted by Gasteiger charge is -2.23. The molecular formula is C26H27N5OS3. The van der Waals surface area contributed by atoms with Crippen molar-refractivity contribution in [2.45, 2.75) is 48.0 Å². The molecule has 0 fully saturated rings. The molecule has 2 aromatic carbocycles. The second kappa shape index (κ2) is 9.79. The summed E-state index contributed by atoms with van der Waals surface area (Å²) in [4.78, 5) is 19.8. The Kier molecular flexibility index (Phi) is 6.74. The van der Waals surface area contributed by atoms with Crippen molar-refractivity contribution in [2.24, 2.45) is 0 Å². The fourth-order valence-corrected chi connectivity index (χ4v) is 7.33. The van der Waals surface area contributed by atoms with Gasteiger partial charge in [0.1, 0.15) is 5.82 Å². The van der Waals surface area contributed by atoms with Crippen molar-refractivity contribution >= 4 is 56.5 Å². The number of carbonyl (C=O) groups excluding carboxylic acids is 1. The van der Waals surface area contributed by atoms with Gasteiger partial charge in [0, 0.05) is 36.5 Å². The van der Waals surface area contributed by atoms with Gasteiger partial charge in [-0.25, -0.2) is 4.98 Å². The van der Waals surface area contributed by atoms with E-state index < -0.39 is 0 Å². The van der Waals surface area contributed by atoms with Crippen molar-refractivity contribution in [3.63, 3.8) is 0 Å². The number of hydrogen-bond acceptors (Lipinski definition) is 8. The molecule has 0 N–H and O–H groups in total. The summed E-state index contributed by atoms with van der Waals surface area (Å²) in [6, 6.07) is 16.5. The number of aromatic nitrogens is 4. The minimum Gasteiger partial charge on any atom is -0.347 e. The smallest absolute Gasteiger partial charge is 0.191 e. The van der Waals surface area contributed by atoms with Crippen LogP contribution in [0.2, 0.25) is 0 Å². The van der Waals surface area contributed by atoms with Crippen molar-refractivity contribution < 1.29 is 4.79 Å². The van der Waals surface area contributed by atoms with Gasteiger partial charge in [0.25, 0.3) is 0 Å². The number of likely N-dealkylation sites (N-methyl/N-ethyl adjacent to an activating group) is 1. The van der Waals surface area contributed by atoms with E-state index in [-0.39, 0.29) is 11.2 Å². The highest BCUT2D eigenvalue weighted by molar-refractivity contribution is 8.00. The van der Waals surface area contributed by atoms with Crippen LogP contribution in [0, 0.1) is 0 Å². The van der Waals surface area contributed by atoms with Gasteiger partial charge in [-0.15, -0.1) is 21.5 Å². The normalized spacial score (nSPS) is 15.8. The topological polar surface area (TPSA) is 63.9 Å². The number of carbonyl (C=O) groups is 1. The zero-order chi connectivity index (χ0) is 24.6. The van der Waals surface area contributed by atoms with Crippen LogP contribution in [0.5, 0.6) is 0 Å². The first-order valence-electron chi connectivity index (χ1n) is 11.5. The van der Waals surface area contributed by atoms with E-state index in [9.17, 15) is 4.79 Å². The predicted octanol–water partition coefficient (Wildman–Crippen LogP) is 6.17. The largest absolute Gasteiger partial charge is 0.347 e. The first kappa shape index (κ1) is 24.1. The van der Waals surface area contributed by atoms with Gasteiger partial charge in [0.2, 0.25) is 0 Å². The molecule has 5 rings (SSSR count). The van der Waals surface area contributed by atoms with E-state index >= 15 is 0 Å². The third kappa shape index (κ3) is 4.64. The lowest BCUT2D eigenvalue weighted by atomic mass is 9.83. The monoisotopic (exact) mass is 521 g/mol. The van der Waals surface area contributed by atoms with Gasteiger partial charge in [0.05, 0.1) is 21.7 Å². The SMILES string of the molecule is CCn1c(CSc2nc3ccccc3s2)nnc1SCC(=O)/C=C1/N(C)c2ccccc2C1(C)C. The number of benzene rings is 2. The Morgan fingerprint density at radius 1 is 1.09 bits per heavy atom. The van der Waals surface area contributed by atoms with E-state index in [0.717, 1.165) is 38.8 Å². The van der Waals surface area contributed by atoms with Crippen molar-refractivity contribution in [2.75, 3.05) is 17.7 Å². The third-order valence-electron chi connectivity index (χ3n) is 6.29. The number of anilines is 1. The third-order valence-corrected chi connectivity index (χ3v) is 9.45. The molecule has 2 aromatic heterocycles. The molecule has 0 saturated carbocycles. The van der Waals surface area contributed by atoms with E-state index in [1.165, 1.54) is 22.0 Å². The van der Waals surface area contributed by atoms with Crippen LogP contribution in [0.1, 0.15) is 32.2 Å². The van der Waals surface area contributed by atoms with Gasteiger partial charge in [-0.05, 0) is 30.7 Å². The predicted molar refractivity (Wildman–Crippen MR) is 147 cm³/mol. The Bertz CT molecular complexity index is 1390. The highest BCUT2D eigenvalue weighted by Gasteiger charge is 2.38. The summed E-state index contributed by atoms with van der Waals surface area (Å²) >= 11 is 4.82. The lowest BCUT2D eigenvalue weighted by Crippen LogP contribution is -2.24. The zero-order valence-corrected chi connectivity index (χ0v) is 22.6. The summed E-state index contributed by atoms with van der Waals surface area (Å²) in [6.45, 7) is 7.18. The summed E-state index contributed by atoms with van der Waals surface area (Å²) in [5, 5.41) is 9.58. The van der Waals surface area contributed by atoms with Crippen LogP contribution in [0.25, 0.3) is 10.2 Å². The summed E-state index contributed by atoms with van der Waals surface area (Å²) < 4.78 is 4.31. The van der Waals surface area contributed by atoms with Crippen molar-refractivity contribution in [3.8, 4) is 0 Å². The van der Waals surface area contributed by atoms with Gasteiger partial charge in [-0.1, -0.05) is 67.7 Å². The maximum Gasteiger partial charge on any atom is 0.191 e. The molecule has 180 valence electrons. The molecule has 0 spiro atoms. The maximum absolute atomic E-state index is 13.0. The maximum atomic E-state index is 13.0. The summed E-state index contributed by atoms with van der Waals surface area (Å²) in [5.41, 5.74) is 4.25. The first-order valence-corrected chi connectivity index (χ1v) is 14.3. The van der Waals surface area contributed by atoms with Crippen LogP contribution in [0.3, 0.4) is 0 Å². The van der Waals surface area contributed by atoms with Gasteiger partial charge >= 0.3 is 0 Å². The molecule has 0 saturated heterocycles. The molecular weight excluding hydrogens is 495 g/mol. The molecule has 3 heterocycles. The Hall–Kier alpha value is -2.62. The molecule has 1 aliphatic rings. The standard InChI is InChI=1S/C26H27N5OS3/c1-5-31-23(16-34-25-27-19-11-7-9-13-21(19)35-25)28-29-24(31)33-15-17(32)14-22-26(2,3)18-10-6-8-12-20(18)30(22)4/h6-14H,5,15-16H2,1-4H3/b22-14+. The molecule has 9 heteroatoms. The van der Waals surface area contributed by atoms with E-state index in [1.807, 2.05) is 31.3 Å². The highest BCUT2D eigenvalue weighted by Crippen LogP contribution is 2.46. The van der Waals surface area contributed by atoms with E-state index in [0.29, 0.717) is 11.5 Å². The molecule has 1 aliphatic heterocycles. The molecule has 0 bridgehead atoms. The Balaban J connectivity index is 1.25. The van der Waals surface area contributed by atoms with E-state index in [2.05, 4.69) is 64.7 Å². The number of allylic oxidation sites excluding steroid dienone is 2. The number of rotatable bonds is 8. The number of nitrogens with zero attached hydrogens (tertiary/aromatic N) is 5.